The molecule has 1 heterocycles. The van der Waals surface area contributed by atoms with Gasteiger partial charge in [-0.1, -0.05) is 48.5 Å². The summed E-state index contributed by atoms with van der Waals surface area (Å²) in [5, 5.41) is 4.56. The van der Waals surface area contributed by atoms with Crippen molar-refractivity contribution < 1.29 is 13.2 Å². The maximum Gasteiger partial charge on any atom is 0.244 e. The first-order chi connectivity index (χ1) is 13.5. The molecule has 0 saturated heterocycles. The Kier molecular flexibility index (Phi) is 6.61. The van der Waals surface area contributed by atoms with Gasteiger partial charge in [0, 0.05) is 18.7 Å². The number of nitrogens with one attached hydrogen (secondary N) is 1. The van der Waals surface area contributed by atoms with E-state index in [2.05, 4.69) is 9.82 Å². The highest BCUT2D eigenvalue weighted by Crippen LogP contribution is 2.27. The van der Waals surface area contributed by atoms with Crippen LogP contribution in [0, 0.1) is 0 Å². The van der Waals surface area contributed by atoms with Crippen LogP contribution in [-0.2, 0) is 14.8 Å². The van der Waals surface area contributed by atoms with Crippen LogP contribution in [0.15, 0.2) is 71.8 Å². The van der Waals surface area contributed by atoms with E-state index in [0.717, 1.165) is 11.3 Å². The van der Waals surface area contributed by atoms with Crippen molar-refractivity contribution in [2.24, 2.45) is 0 Å². The predicted octanol–water partition coefficient (Wildman–Crippen LogP) is 3.63. The van der Waals surface area contributed by atoms with E-state index in [-0.39, 0.29) is 11.0 Å². The Morgan fingerprint density at radius 1 is 1.04 bits per heavy atom. The fourth-order valence-electron chi connectivity index (χ4n) is 2.74. The highest BCUT2D eigenvalue weighted by Gasteiger charge is 2.23. The SMILES string of the molecule is CC(C)OCCCNS(=O)(=O)c1cn(-c2ccccc2)nc1-c1ccccc1. The second-order valence-corrected chi connectivity index (χ2v) is 8.39. The van der Waals surface area contributed by atoms with Crippen molar-refractivity contribution in [2.75, 3.05) is 13.2 Å². The molecule has 3 aromatic rings. The standard InChI is InChI=1S/C21H25N3O3S/c1-17(2)27-15-9-14-22-28(25,26)20-16-24(19-12-7-4-8-13-19)23-21(20)18-10-5-3-6-11-18/h3-8,10-13,16-17,22H,9,14-15H2,1-2H3. The van der Waals surface area contributed by atoms with E-state index >= 15 is 0 Å². The smallest absolute Gasteiger partial charge is 0.244 e. The summed E-state index contributed by atoms with van der Waals surface area (Å²) < 4.78 is 35.7. The lowest BCUT2D eigenvalue weighted by Crippen LogP contribution is -2.26. The van der Waals surface area contributed by atoms with E-state index in [1.54, 1.807) is 10.9 Å². The van der Waals surface area contributed by atoms with E-state index in [1.807, 2.05) is 74.5 Å². The van der Waals surface area contributed by atoms with Gasteiger partial charge in [-0.2, -0.15) is 5.10 Å². The Morgan fingerprint density at radius 2 is 1.68 bits per heavy atom. The molecular formula is C21H25N3O3S. The van der Waals surface area contributed by atoms with Gasteiger partial charge in [0.25, 0.3) is 0 Å². The Labute approximate surface area is 166 Å². The molecule has 148 valence electrons. The molecule has 0 radical (unpaired) electrons. The Morgan fingerprint density at radius 3 is 2.32 bits per heavy atom. The molecule has 0 atom stereocenters. The molecule has 0 spiro atoms. The van der Waals surface area contributed by atoms with Gasteiger partial charge >= 0.3 is 0 Å². The van der Waals surface area contributed by atoms with E-state index in [0.29, 0.717) is 25.3 Å². The number of hydrogen-bond acceptors (Lipinski definition) is 4. The summed E-state index contributed by atoms with van der Waals surface area (Å²) in [6.07, 6.45) is 2.29. The van der Waals surface area contributed by atoms with Crippen molar-refractivity contribution >= 4 is 10.0 Å². The van der Waals surface area contributed by atoms with Crippen LogP contribution in [0.5, 0.6) is 0 Å². The van der Waals surface area contributed by atoms with E-state index in [9.17, 15) is 8.42 Å². The first-order valence-corrected chi connectivity index (χ1v) is 10.8. The van der Waals surface area contributed by atoms with Gasteiger partial charge in [-0.25, -0.2) is 17.8 Å². The van der Waals surface area contributed by atoms with Crippen LogP contribution in [0.2, 0.25) is 0 Å². The number of hydrogen-bond donors (Lipinski definition) is 1. The van der Waals surface area contributed by atoms with Crippen LogP contribution in [0.3, 0.4) is 0 Å². The zero-order valence-corrected chi connectivity index (χ0v) is 16.9. The molecule has 1 N–H and O–H groups in total. The van der Waals surface area contributed by atoms with Crippen molar-refractivity contribution in [1.82, 2.24) is 14.5 Å². The number of sulfonamides is 1. The average Bonchev–Trinajstić information content (AvgIpc) is 3.15. The van der Waals surface area contributed by atoms with E-state index in [4.69, 9.17) is 4.74 Å². The molecule has 0 saturated carbocycles. The number of aromatic nitrogens is 2. The Balaban J connectivity index is 1.89. The molecule has 0 fully saturated rings. The lowest BCUT2D eigenvalue weighted by Gasteiger charge is -2.09. The topological polar surface area (TPSA) is 73.2 Å². The molecule has 0 aliphatic heterocycles. The van der Waals surface area contributed by atoms with Gasteiger partial charge in [-0.15, -0.1) is 0 Å². The zero-order valence-electron chi connectivity index (χ0n) is 16.1. The molecule has 7 heteroatoms. The van der Waals surface area contributed by atoms with Crippen LogP contribution >= 0.6 is 0 Å². The first-order valence-electron chi connectivity index (χ1n) is 9.29. The van der Waals surface area contributed by atoms with Gasteiger partial charge < -0.3 is 4.74 Å². The summed E-state index contributed by atoms with van der Waals surface area (Å²) in [6, 6.07) is 18.8. The minimum Gasteiger partial charge on any atom is -0.379 e. The normalized spacial score (nSPS) is 11.8. The summed E-state index contributed by atoms with van der Waals surface area (Å²) in [7, 11) is -3.72. The second-order valence-electron chi connectivity index (χ2n) is 6.66. The van der Waals surface area contributed by atoms with Gasteiger partial charge in [-0.05, 0) is 32.4 Å². The lowest BCUT2D eigenvalue weighted by atomic mass is 10.2. The van der Waals surface area contributed by atoms with Gasteiger partial charge in [0.2, 0.25) is 10.0 Å². The monoisotopic (exact) mass is 399 g/mol. The Hall–Kier alpha value is -2.48. The quantitative estimate of drug-likeness (QED) is 0.558. The minimum absolute atomic E-state index is 0.130. The molecule has 6 nitrogen and oxygen atoms in total. The summed E-state index contributed by atoms with van der Waals surface area (Å²) in [5.74, 6) is 0. The summed E-state index contributed by atoms with van der Waals surface area (Å²) in [4.78, 5) is 0.160. The molecule has 1 aromatic heterocycles. The van der Waals surface area contributed by atoms with E-state index in [1.165, 1.54) is 0 Å². The zero-order chi connectivity index (χ0) is 20.0. The molecule has 28 heavy (non-hydrogen) atoms. The largest absolute Gasteiger partial charge is 0.379 e. The highest BCUT2D eigenvalue weighted by molar-refractivity contribution is 7.89. The van der Waals surface area contributed by atoms with Crippen LogP contribution in [0.1, 0.15) is 20.3 Å². The highest BCUT2D eigenvalue weighted by atomic mass is 32.2. The number of ether oxygens (including phenoxy) is 1. The number of nitrogens with zero attached hydrogens (tertiary/aromatic N) is 2. The van der Waals surface area contributed by atoms with Crippen LogP contribution in [0.4, 0.5) is 0 Å². The molecule has 0 aliphatic carbocycles. The fraction of sp³-hybridized carbons (Fsp3) is 0.286. The van der Waals surface area contributed by atoms with Crippen LogP contribution in [0.25, 0.3) is 16.9 Å². The van der Waals surface area contributed by atoms with Crippen molar-refractivity contribution in [2.45, 2.75) is 31.3 Å². The lowest BCUT2D eigenvalue weighted by molar-refractivity contribution is 0.0778. The molecule has 2 aromatic carbocycles. The molecular weight excluding hydrogens is 374 g/mol. The molecule has 0 bridgehead atoms. The molecule has 0 unspecified atom stereocenters. The van der Waals surface area contributed by atoms with Crippen molar-refractivity contribution in [3.05, 3.63) is 66.9 Å². The van der Waals surface area contributed by atoms with Crippen molar-refractivity contribution in [3.63, 3.8) is 0 Å². The van der Waals surface area contributed by atoms with Crippen LogP contribution in [-0.4, -0.2) is 37.5 Å². The number of para-hydroxylation sites is 1. The third kappa shape index (κ3) is 5.07. The minimum atomic E-state index is -3.72. The van der Waals surface area contributed by atoms with Gasteiger partial charge in [0.1, 0.15) is 10.6 Å². The number of rotatable bonds is 9. The predicted molar refractivity (Wildman–Crippen MR) is 110 cm³/mol. The summed E-state index contributed by atoms with van der Waals surface area (Å²) in [6.45, 7) is 4.72. The molecule has 0 aliphatic rings. The van der Waals surface area contributed by atoms with Gasteiger partial charge in [0.05, 0.1) is 18.0 Å². The third-order valence-electron chi connectivity index (χ3n) is 4.10. The molecule has 3 rings (SSSR count). The summed E-state index contributed by atoms with van der Waals surface area (Å²) in [5.41, 5.74) is 1.97. The second kappa shape index (κ2) is 9.14. The summed E-state index contributed by atoms with van der Waals surface area (Å²) >= 11 is 0. The molecule has 0 amide bonds. The third-order valence-corrected chi connectivity index (χ3v) is 5.56. The first kappa shape index (κ1) is 20.3. The van der Waals surface area contributed by atoms with Gasteiger partial charge in [-0.3, -0.25) is 0 Å². The Bertz CT molecular complexity index is 984. The van der Waals surface area contributed by atoms with E-state index < -0.39 is 10.0 Å². The van der Waals surface area contributed by atoms with Crippen molar-refractivity contribution in [1.29, 1.82) is 0 Å². The van der Waals surface area contributed by atoms with Crippen LogP contribution < -0.4 is 4.72 Å². The van der Waals surface area contributed by atoms with Gasteiger partial charge in [0.15, 0.2) is 0 Å². The number of benzene rings is 2. The maximum atomic E-state index is 13.0. The van der Waals surface area contributed by atoms with Crippen molar-refractivity contribution in [3.8, 4) is 16.9 Å². The maximum absolute atomic E-state index is 13.0. The fourth-order valence-corrected chi connectivity index (χ4v) is 3.96. The average molecular weight is 400 g/mol.